The molecule has 0 aromatic heterocycles. The number of fused-ring (bicyclic) bond motifs is 2. The van der Waals surface area contributed by atoms with Crippen LogP contribution in [0.5, 0.6) is 40.2 Å². The topological polar surface area (TPSA) is 135 Å². The van der Waals surface area contributed by atoms with Gasteiger partial charge in [0.05, 0.1) is 20.1 Å². The van der Waals surface area contributed by atoms with Crippen molar-refractivity contribution in [3.8, 4) is 40.2 Å². The molecule has 3 aromatic carbocycles. The Morgan fingerprint density at radius 3 is 2.44 bits per heavy atom. The van der Waals surface area contributed by atoms with Crippen LogP contribution in [0, 0.1) is 0 Å². The summed E-state index contributed by atoms with van der Waals surface area (Å²) in [5.74, 6) is 0.287. The molecule has 2 aliphatic rings. The van der Waals surface area contributed by atoms with Gasteiger partial charge < -0.3 is 39.4 Å². The van der Waals surface area contributed by atoms with E-state index in [4.69, 9.17) is 18.9 Å². The molecular weight excluding hydrogens is 444 g/mol. The van der Waals surface area contributed by atoms with Crippen LogP contribution in [-0.4, -0.2) is 46.0 Å². The third-order valence-electron chi connectivity index (χ3n) is 5.91. The molecule has 3 aromatic rings. The Balaban J connectivity index is 1.46. The molecule has 2 heterocycles. The third-order valence-corrected chi connectivity index (χ3v) is 5.91. The summed E-state index contributed by atoms with van der Waals surface area (Å²) in [5.41, 5.74) is 1.31. The van der Waals surface area contributed by atoms with Crippen molar-refractivity contribution in [1.29, 1.82) is 0 Å². The van der Waals surface area contributed by atoms with Gasteiger partial charge in [0.25, 0.3) is 0 Å². The first-order valence-corrected chi connectivity index (χ1v) is 10.6. The Bertz CT molecular complexity index is 1270. The lowest BCUT2D eigenvalue weighted by atomic mass is 9.95. The molecule has 9 nitrogen and oxygen atoms in total. The average molecular weight is 466 g/mol. The van der Waals surface area contributed by atoms with Gasteiger partial charge in [-0.1, -0.05) is 12.1 Å². The molecule has 34 heavy (non-hydrogen) atoms. The molecule has 0 bridgehead atoms. The van der Waals surface area contributed by atoms with E-state index >= 15 is 0 Å². The molecule has 0 fully saturated rings. The highest BCUT2D eigenvalue weighted by molar-refractivity contribution is 6.02. The number of ketones is 1. The molecule has 5 rings (SSSR count). The van der Waals surface area contributed by atoms with Crippen molar-refractivity contribution < 1.29 is 44.2 Å². The lowest BCUT2D eigenvalue weighted by Gasteiger charge is -2.34. The maximum Gasteiger partial charge on any atom is 0.174 e. The van der Waals surface area contributed by atoms with E-state index in [0.717, 1.165) is 6.07 Å². The smallest absolute Gasteiger partial charge is 0.174 e. The molecule has 0 unspecified atom stereocenters. The van der Waals surface area contributed by atoms with Crippen molar-refractivity contribution in [2.45, 2.75) is 24.7 Å². The quantitative estimate of drug-likeness (QED) is 0.456. The molecule has 3 atom stereocenters. The fourth-order valence-corrected chi connectivity index (χ4v) is 4.25. The van der Waals surface area contributed by atoms with E-state index < -0.39 is 18.3 Å². The van der Waals surface area contributed by atoms with Crippen LogP contribution in [-0.2, 0) is 0 Å². The van der Waals surface area contributed by atoms with E-state index in [1.807, 2.05) is 0 Å². The lowest BCUT2D eigenvalue weighted by Crippen LogP contribution is -2.36. The minimum atomic E-state index is -0.696. The molecule has 0 spiro atoms. The van der Waals surface area contributed by atoms with Gasteiger partial charge in [-0.3, -0.25) is 4.79 Å². The first-order valence-electron chi connectivity index (χ1n) is 10.6. The predicted molar refractivity (Wildman–Crippen MR) is 118 cm³/mol. The monoisotopic (exact) mass is 466 g/mol. The van der Waals surface area contributed by atoms with Crippen LogP contribution >= 0.6 is 0 Å². The van der Waals surface area contributed by atoms with Gasteiger partial charge in [0.15, 0.2) is 41.0 Å². The summed E-state index contributed by atoms with van der Waals surface area (Å²) in [5, 5.41) is 39.6. The van der Waals surface area contributed by atoms with Gasteiger partial charge in [-0.25, -0.2) is 0 Å². The van der Waals surface area contributed by atoms with E-state index in [1.165, 1.54) is 19.2 Å². The van der Waals surface area contributed by atoms with Crippen molar-refractivity contribution >= 4 is 5.78 Å². The highest BCUT2D eigenvalue weighted by Crippen LogP contribution is 2.45. The van der Waals surface area contributed by atoms with Gasteiger partial charge in [0.1, 0.15) is 28.9 Å². The second-order valence-electron chi connectivity index (χ2n) is 8.09. The largest absolute Gasteiger partial charge is 0.508 e. The Kier molecular flexibility index (Phi) is 5.33. The fourth-order valence-electron chi connectivity index (χ4n) is 4.25. The van der Waals surface area contributed by atoms with Crippen molar-refractivity contribution in [3.63, 3.8) is 0 Å². The summed E-state index contributed by atoms with van der Waals surface area (Å²) in [4.78, 5) is 12.7. The van der Waals surface area contributed by atoms with Crippen LogP contribution in [0.1, 0.15) is 40.1 Å². The molecule has 2 aliphatic heterocycles. The van der Waals surface area contributed by atoms with Crippen molar-refractivity contribution in [2.24, 2.45) is 0 Å². The number of aliphatic hydroxyl groups is 1. The Labute approximate surface area is 194 Å². The summed E-state index contributed by atoms with van der Waals surface area (Å²) < 4.78 is 23.2. The van der Waals surface area contributed by atoms with Crippen molar-refractivity contribution in [1.82, 2.24) is 0 Å². The van der Waals surface area contributed by atoms with Gasteiger partial charge in [-0.2, -0.15) is 0 Å². The Hall–Kier alpha value is -4.11. The highest BCUT2D eigenvalue weighted by atomic mass is 16.6. The molecule has 0 aliphatic carbocycles. The maximum absolute atomic E-state index is 12.7. The molecule has 0 amide bonds. The van der Waals surface area contributed by atoms with Crippen LogP contribution in [0.15, 0.2) is 48.5 Å². The first kappa shape index (κ1) is 21.7. The number of hydrogen-bond acceptors (Lipinski definition) is 9. The zero-order valence-corrected chi connectivity index (χ0v) is 18.1. The number of benzene rings is 3. The second kappa shape index (κ2) is 8.35. The van der Waals surface area contributed by atoms with Gasteiger partial charge in [-0.05, 0) is 29.8 Å². The number of methoxy groups -OCH3 is 1. The highest BCUT2D eigenvalue weighted by Gasteiger charge is 2.35. The summed E-state index contributed by atoms with van der Waals surface area (Å²) in [7, 11) is 1.44. The number of aromatic hydroxyl groups is 3. The van der Waals surface area contributed by atoms with Gasteiger partial charge in [0, 0.05) is 17.7 Å². The first-order chi connectivity index (χ1) is 16.4. The van der Waals surface area contributed by atoms with E-state index in [-0.39, 0.29) is 53.1 Å². The van der Waals surface area contributed by atoms with Gasteiger partial charge in [0.2, 0.25) is 0 Å². The van der Waals surface area contributed by atoms with Crippen molar-refractivity contribution in [3.05, 3.63) is 65.2 Å². The number of ether oxygens (including phenoxy) is 4. The number of carbonyl (C=O) groups is 1. The number of carbonyl (C=O) groups excluding carboxylic acids is 1. The lowest BCUT2D eigenvalue weighted by molar-refractivity contribution is -0.0126. The fraction of sp³-hybridized carbons (Fsp3) is 0.240. The Morgan fingerprint density at radius 1 is 0.882 bits per heavy atom. The van der Waals surface area contributed by atoms with Crippen LogP contribution in [0.2, 0.25) is 0 Å². The normalized spacial score (nSPS) is 20.9. The van der Waals surface area contributed by atoms with Crippen LogP contribution in [0.25, 0.3) is 0 Å². The van der Waals surface area contributed by atoms with Gasteiger partial charge >= 0.3 is 0 Å². The van der Waals surface area contributed by atoms with E-state index in [1.54, 1.807) is 30.3 Å². The Morgan fingerprint density at radius 2 is 1.68 bits per heavy atom. The zero-order valence-electron chi connectivity index (χ0n) is 18.1. The number of Topliss-reactive ketones (excluding diaryl/α,β-unsaturated/α-hetero) is 1. The zero-order chi connectivity index (χ0) is 24.0. The average Bonchev–Trinajstić information content (AvgIpc) is 2.82. The molecule has 9 heteroatoms. The number of aliphatic hydroxyl groups excluding tert-OH is 1. The number of phenols is 3. The van der Waals surface area contributed by atoms with Gasteiger partial charge in [-0.15, -0.1) is 0 Å². The second-order valence-corrected chi connectivity index (χ2v) is 8.09. The number of phenolic OH excluding ortho intramolecular Hbond substituents is 3. The minimum Gasteiger partial charge on any atom is -0.508 e. The number of rotatable bonds is 4. The van der Waals surface area contributed by atoms with E-state index in [9.17, 15) is 25.2 Å². The van der Waals surface area contributed by atoms with E-state index in [0.29, 0.717) is 22.6 Å². The maximum atomic E-state index is 12.7. The molecule has 176 valence electrons. The van der Waals surface area contributed by atoms with Crippen molar-refractivity contribution in [2.75, 3.05) is 13.7 Å². The van der Waals surface area contributed by atoms with Crippen LogP contribution in [0.3, 0.4) is 0 Å². The molecule has 4 N–H and O–H groups in total. The van der Waals surface area contributed by atoms with E-state index in [2.05, 4.69) is 0 Å². The SMILES string of the molecule is COc1cc([C@H]2Oc3cc([C@@H]4CC(=O)c5c(O)cc(O)cc5O4)ccc3O[C@@H]2CO)ccc1O. The summed E-state index contributed by atoms with van der Waals surface area (Å²) >= 11 is 0. The molecule has 0 saturated carbocycles. The summed E-state index contributed by atoms with van der Waals surface area (Å²) in [6.07, 6.45) is -2.07. The van der Waals surface area contributed by atoms with Crippen LogP contribution in [0.4, 0.5) is 0 Å². The molecular formula is C25H22O9. The molecule has 0 saturated heterocycles. The summed E-state index contributed by atoms with van der Waals surface area (Å²) in [6.45, 7) is -0.306. The summed E-state index contributed by atoms with van der Waals surface area (Å²) in [6, 6.07) is 12.2. The third kappa shape index (κ3) is 3.69. The standard InChI is InChI=1S/C25H22O9/c1-31-20-7-13(2-4-15(20)28)25-23(11-26)32-18-5-3-12(6-21(18)34-25)19-10-17(30)24-16(29)8-14(27)9-22(24)33-19/h2-9,19,23,25-29H,10-11H2,1H3/t19-,23+,25+/m0/s1. The van der Waals surface area contributed by atoms with Crippen LogP contribution < -0.4 is 18.9 Å². The molecule has 0 radical (unpaired) electrons. The predicted octanol–water partition coefficient (Wildman–Crippen LogP) is 3.39. The number of hydrogen-bond donors (Lipinski definition) is 4. The minimum absolute atomic E-state index is 0.0111.